The SMILES string of the molecule is COc1ccc(OC)c(/C=C2\SC(=O)N(CC(=O)NCCc3ccc(O)cc3)C2=O)c1. The third-order valence-corrected chi connectivity index (χ3v) is 5.48. The first-order chi connectivity index (χ1) is 14.9. The van der Waals surface area contributed by atoms with Crippen LogP contribution < -0.4 is 14.8 Å². The summed E-state index contributed by atoms with van der Waals surface area (Å²) in [5.74, 6) is 0.320. The summed E-state index contributed by atoms with van der Waals surface area (Å²) in [6.07, 6.45) is 2.11. The molecule has 1 aliphatic heterocycles. The van der Waals surface area contributed by atoms with Crippen LogP contribution in [-0.4, -0.2) is 54.4 Å². The van der Waals surface area contributed by atoms with E-state index in [1.807, 2.05) is 0 Å². The molecular weight excluding hydrogens is 420 g/mol. The van der Waals surface area contributed by atoms with Crippen LogP contribution in [0.5, 0.6) is 17.2 Å². The molecule has 3 rings (SSSR count). The normalized spacial score (nSPS) is 14.8. The molecule has 1 heterocycles. The minimum Gasteiger partial charge on any atom is -0.508 e. The fourth-order valence-electron chi connectivity index (χ4n) is 2.94. The third kappa shape index (κ3) is 5.58. The standard InChI is InChI=1S/C22H22N2O6S/c1-29-17-7-8-18(30-2)15(11-17)12-19-21(27)24(22(28)31-19)13-20(26)23-10-9-14-3-5-16(25)6-4-14/h3-8,11-12,25H,9-10,13H2,1-2H3,(H,23,26)/b19-12-. The van der Waals surface area contributed by atoms with E-state index in [0.717, 1.165) is 22.2 Å². The Morgan fingerprint density at radius 3 is 2.55 bits per heavy atom. The van der Waals surface area contributed by atoms with Crippen LogP contribution >= 0.6 is 11.8 Å². The maximum Gasteiger partial charge on any atom is 0.294 e. The van der Waals surface area contributed by atoms with Crippen molar-refractivity contribution in [1.82, 2.24) is 10.2 Å². The molecule has 3 amide bonds. The van der Waals surface area contributed by atoms with Gasteiger partial charge in [0.15, 0.2) is 0 Å². The van der Waals surface area contributed by atoms with Crippen LogP contribution in [0.25, 0.3) is 6.08 Å². The van der Waals surface area contributed by atoms with Crippen LogP contribution in [0, 0.1) is 0 Å². The molecule has 1 aliphatic rings. The van der Waals surface area contributed by atoms with Gasteiger partial charge in [0.25, 0.3) is 11.1 Å². The van der Waals surface area contributed by atoms with Crippen molar-refractivity contribution >= 4 is 34.9 Å². The molecule has 8 nitrogen and oxygen atoms in total. The van der Waals surface area contributed by atoms with Crippen LogP contribution in [0.4, 0.5) is 4.79 Å². The number of nitrogens with zero attached hydrogens (tertiary/aromatic N) is 1. The average molecular weight is 442 g/mol. The zero-order valence-corrected chi connectivity index (χ0v) is 17.9. The highest BCUT2D eigenvalue weighted by molar-refractivity contribution is 8.18. The molecule has 0 atom stereocenters. The molecular formula is C22H22N2O6S. The molecule has 0 spiro atoms. The Bertz CT molecular complexity index is 1020. The summed E-state index contributed by atoms with van der Waals surface area (Å²) in [6.45, 7) is -0.0104. The van der Waals surface area contributed by atoms with Gasteiger partial charge in [-0.1, -0.05) is 12.1 Å². The number of aromatic hydroxyl groups is 1. The number of thioether (sulfide) groups is 1. The number of hydrogen-bond donors (Lipinski definition) is 2. The first-order valence-corrected chi connectivity index (χ1v) is 10.2. The van der Waals surface area contributed by atoms with E-state index in [2.05, 4.69) is 5.32 Å². The summed E-state index contributed by atoms with van der Waals surface area (Å²) in [5.41, 5.74) is 1.53. The van der Waals surface area contributed by atoms with Crippen LogP contribution in [-0.2, 0) is 16.0 Å². The zero-order chi connectivity index (χ0) is 22.4. The summed E-state index contributed by atoms with van der Waals surface area (Å²) in [4.78, 5) is 38.3. The second kappa shape index (κ2) is 10.0. The molecule has 0 aromatic heterocycles. The number of carbonyl (C=O) groups excluding carboxylic acids is 3. The van der Waals surface area contributed by atoms with Crippen LogP contribution in [0.2, 0.25) is 0 Å². The highest BCUT2D eigenvalue weighted by Gasteiger charge is 2.36. The number of imide groups is 1. The molecule has 2 aromatic rings. The Morgan fingerprint density at radius 2 is 1.87 bits per heavy atom. The number of methoxy groups -OCH3 is 2. The van der Waals surface area contributed by atoms with E-state index in [-0.39, 0.29) is 17.2 Å². The Kier molecular flexibility index (Phi) is 7.19. The lowest BCUT2D eigenvalue weighted by atomic mass is 10.1. The molecule has 0 aliphatic carbocycles. The van der Waals surface area contributed by atoms with Gasteiger partial charge in [0, 0.05) is 12.1 Å². The largest absolute Gasteiger partial charge is 0.508 e. The van der Waals surface area contributed by atoms with E-state index >= 15 is 0 Å². The van der Waals surface area contributed by atoms with Gasteiger partial charge < -0.3 is 19.9 Å². The fraction of sp³-hybridized carbons (Fsp3) is 0.227. The summed E-state index contributed by atoms with van der Waals surface area (Å²) in [6, 6.07) is 11.8. The predicted octanol–water partition coefficient (Wildman–Crippen LogP) is 2.80. The van der Waals surface area contributed by atoms with Crippen molar-refractivity contribution in [3.63, 3.8) is 0 Å². The highest BCUT2D eigenvalue weighted by atomic mass is 32.2. The van der Waals surface area contributed by atoms with E-state index in [4.69, 9.17) is 9.47 Å². The van der Waals surface area contributed by atoms with Crippen molar-refractivity contribution in [3.8, 4) is 17.2 Å². The lowest BCUT2D eigenvalue weighted by molar-refractivity contribution is -0.129. The van der Waals surface area contributed by atoms with E-state index in [1.165, 1.54) is 14.2 Å². The summed E-state index contributed by atoms with van der Waals surface area (Å²) in [5, 5.41) is 11.5. The van der Waals surface area contributed by atoms with E-state index in [1.54, 1.807) is 48.5 Å². The van der Waals surface area contributed by atoms with Gasteiger partial charge in [0.05, 0.1) is 19.1 Å². The number of nitrogens with one attached hydrogen (secondary N) is 1. The van der Waals surface area contributed by atoms with Crippen molar-refractivity contribution in [3.05, 3.63) is 58.5 Å². The molecule has 162 valence electrons. The van der Waals surface area contributed by atoms with Crippen LogP contribution in [0.1, 0.15) is 11.1 Å². The lowest BCUT2D eigenvalue weighted by Crippen LogP contribution is -2.40. The van der Waals surface area contributed by atoms with Gasteiger partial charge in [-0.2, -0.15) is 0 Å². The van der Waals surface area contributed by atoms with Gasteiger partial charge in [-0.3, -0.25) is 19.3 Å². The van der Waals surface area contributed by atoms with Crippen molar-refractivity contribution in [2.45, 2.75) is 6.42 Å². The zero-order valence-electron chi connectivity index (χ0n) is 17.1. The number of rotatable bonds is 8. The van der Waals surface area contributed by atoms with Crippen molar-refractivity contribution in [2.24, 2.45) is 0 Å². The number of hydrogen-bond acceptors (Lipinski definition) is 7. The molecule has 0 bridgehead atoms. The van der Waals surface area contributed by atoms with E-state index in [9.17, 15) is 19.5 Å². The quantitative estimate of drug-likeness (QED) is 0.606. The smallest absolute Gasteiger partial charge is 0.294 e. The van der Waals surface area contributed by atoms with E-state index in [0.29, 0.717) is 30.0 Å². The van der Waals surface area contributed by atoms with Gasteiger partial charge in [-0.05, 0) is 60.2 Å². The highest BCUT2D eigenvalue weighted by Crippen LogP contribution is 2.34. The van der Waals surface area contributed by atoms with Gasteiger partial charge >= 0.3 is 0 Å². The van der Waals surface area contributed by atoms with Gasteiger partial charge in [0.1, 0.15) is 23.8 Å². The summed E-state index contributed by atoms with van der Waals surface area (Å²) < 4.78 is 10.5. The number of carbonyl (C=O) groups is 3. The second-order valence-corrected chi connectivity index (χ2v) is 7.64. The van der Waals surface area contributed by atoms with Crippen molar-refractivity contribution < 1.29 is 29.0 Å². The van der Waals surface area contributed by atoms with E-state index < -0.39 is 17.1 Å². The monoisotopic (exact) mass is 442 g/mol. The topological polar surface area (TPSA) is 105 Å². The molecule has 2 aromatic carbocycles. The van der Waals surface area contributed by atoms with Gasteiger partial charge in [0.2, 0.25) is 5.91 Å². The average Bonchev–Trinajstić information content (AvgIpc) is 3.02. The molecule has 1 fully saturated rings. The molecule has 31 heavy (non-hydrogen) atoms. The number of phenolic OH excluding ortho intramolecular Hbond substituents is 1. The minimum atomic E-state index is -0.534. The van der Waals surface area contributed by atoms with Gasteiger partial charge in [-0.15, -0.1) is 0 Å². The minimum absolute atomic E-state index is 0.173. The molecule has 1 saturated heterocycles. The summed E-state index contributed by atoms with van der Waals surface area (Å²) in [7, 11) is 3.03. The molecule has 9 heteroatoms. The van der Waals surface area contributed by atoms with Crippen molar-refractivity contribution in [2.75, 3.05) is 27.3 Å². The maximum absolute atomic E-state index is 12.7. The van der Waals surface area contributed by atoms with Crippen LogP contribution in [0.15, 0.2) is 47.4 Å². The first kappa shape index (κ1) is 22.2. The Labute approximate surface area is 183 Å². The Hall–Kier alpha value is -3.46. The first-order valence-electron chi connectivity index (χ1n) is 9.43. The second-order valence-electron chi connectivity index (χ2n) is 6.64. The number of phenols is 1. The molecule has 0 unspecified atom stereocenters. The Morgan fingerprint density at radius 1 is 1.13 bits per heavy atom. The number of amides is 3. The fourth-order valence-corrected chi connectivity index (χ4v) is 3.77. The molecule has 2 N–H and O–H groups in total. The number of benzene rings is 2. The van der Waals surface area contributed by atoms with Gasteiger partial charge in [-0.25, -0.2) is 0 Å². The Balaban J connectivity index is 1.61. The number of ether oxygens (including phenoxy) is 2. The summed E-state index contributed by atoms with van der Waals surface area (Å²) >= 11 is 0.772. The maximum atomic E-state index is 12.7. The molecule has 0 radical (unpaired) electrons. The predicted molar refractivity (Wildman–Crippen MR) is 117 cm³/mol. The van der Waals surface area contributed by atoms with Crippen LogP contribution in [0.3, 0.4) is 0 Å². The van der Waals surface area contributed by atoms with Crippen molar-refractivity contribution in [1.29, 1.82) is 0 Å². The lowest BCUT2D eigenvalue weighted by Gasteiger charge is -2.12. The molecule has 0 saturated carbocycles. The third-order valence-electron chi connectivity index (χ3n) is 4.57.